The summed E-state index contributed by atoms with van der Waals surface area (Å²) in [6, 6.07) is 18.6. The van der Waals surface area contributed by atoms with Crippen LogP contribution >= 0.6 is 0 Å². The van der Waals surface area contributed by atoms with Gasteiger partial charge in [-0.15, -0.1) is 0 Å². The molecule has 0 aliphatic heterocycles. The fraction of sp³-hybridized carbons (Fsp3) is 0.294. The molecular formula is C17H21NO. The molecule has 0 bridgehead atoms. The first-order valence-corrected chi connectivity index (χ1v) is 6.65. The monoisotopic (exact) mass is 255 g/mol. The van der Waals surface area contributed by atoms with Crippen molar-refractivity contribution in [1.29, 1.82) is 0 Å². The van der Waals surface area contributed by atoms with Crippen LogP contribution in [0.15, 0.2) is 54.6 Å². The van der Waals surface area contributed by atoms with E-state index in [1.807, 2.05) is 24.3 Å². The number of methoxy groups -OCH3 is 1. The Kier molecular flexibility index (Phi) is 4.58. The van der Waals surface area contributed by atoms with E-state index in [1.165, 1.54) is 11.1 Å². The first kappa shape index (κ1) is 13.6. The van der Waals surface area contributed by atoms with Gasteiger partial charge in [0.1, 0.15) is 5.75 Å². The predicted molar refractivity (Wildman–Crippen MR) is 79.6 cm³/mol. The van der Waals surface area contributed by atoms with Crippen LogP contribution in [0.4, 0.5) is 0 Å². The molecule has 2 unspecified atom stereocenters. The topological polar surface area (TPSA) is 35.2 Å². The maximum Gasteiger partial charge on any atom is 0.122 e. The molecule has 0 aliphatic rings. The first-order valence-electron chi connectivity index (χ1n) is 6.65. The standard InChI is InChI=1S/C17H21NO/c1-13(14-8-4-3-5-9-14)16(12-18)15-10-6-7-11-17(15)19-2/h3-11,13,16H,12,18H2,1-2H3. The van der Waals surface area contributed by atoms with E-state index in [4.69, 9.17) is 10.5 Å². The SMILES string of the molecule is COc1ccccc1C(CN)C(C)c1ccccc1. The normalized spacial score (nSPS) is 13.8. The quantitative estimate of drug-likeness (QED) is 0.887. The van der Waals surface area contributed by atoms with Crippen molar-refractivity contribution in [3.8, 4) is 5.75 Å². The van der Waals surface area contributed by atoms with Gasteiger partial charge in [0.2, 0.25) is 0 Å². The van der Waals surface area contributed by atoms with Crippen molar-refractivity contribution in [2.75, 3.05) is 13.7 Å². The Morgan fingerprint density at radius 1 is 1.00 bits per heavy atom. The van der Waals surface area contributed by atoms with Crippen molar-refractivity contribution in [2.45, 2.75) is 18.8 Å². The first-order chi connectivity index (χ1) is 9.27. The van der Waals surface area contributed by atoms with Gasteiger partial charge in [0, 0.05) is 5.92 Å². The minimum Gasteiger partial charge on any atom is -0.496 e. The van der Waals surface area contributed by atoms with E-state index in [0.717, 1.165) is 5.75 Å². The van der Waals surface area contributed by atoms with Crippen LogP contribution in [0, 0.1) is 0 Å². The van der Waals surface area contributed by atoms with Gasteiger partial charge < -0.3 is 10.5 Å². The molecule has 2 aromatic carbocycles. The third-order valence-corrected chi connectivity index (χ3v) is 3.72. The van der Waals surface area contributed by atoms with Gasteiger partial charge in [-0.3, -0.25) is 0 Å². The minimum absolute atomic E-state index is 0.263. The molecule has 0 spiro atoms. The van der Waals surface area contributed by atoms with Gasteiger partial charge >= 0.3 is 0 Å². The summed E-state index contributed by atoms with van der Waals surface area (Å²) in [5.74, 6) is 1.54. The largest absolute Gasteiger partial charge is 0.496 e. The number of para-hydroxylation sites is 1. The Hall–Kier alpha value is -1.80. The molecule has 2 nitrogen and oxygen atoms in total. The van der Waals surface area contributed by atoms with Gasteiger partial charge in [-0.25, -0.2) is 0 Å². The van der Waals surface area contributed by atoms with Crippen LogP contribution in [0.1, 0.15) is 29.9 Å². The van der Waals surface area contributed by atoms with Crippen LogP contribution < -0.4 is 10.5 Å². The summed E-state index contributed by atoms with van der Waals surface area (Å²) in [6.07, 6.45) is 0. The van der Waals surface area contributed by atoms with E-state index in [0.29, 0.717) is 12.5 Å². The lowest BCUT2D eigenvalue weighted by atomic mass is 9.82. The summed E-state index contributed by atoms with van der Waals surface area (Å²) >= 11 is 0. The van der Waals surface area contributed by atoms with Crippen molar-refractivity contribution in [2.24, 2.45) is 5.73 Å². The second kappa shape index (κ2) is 6.39. The van der Waals surface area contributed by atoms with Crippen LogP contribution in [-0.4, -0.2) is 13.7 Å². The molecule has 0 fully saturated rings. The molecule has 0 heterocycles. The second-order valence-corrected chi connectivity index (χ2v) is 4.78. The summed E-state index contributed by atoms with van der Waals surface area (Å²) in [5, 5.41) is 0. The lowest BCUT2D eigenvalue weighted by molar-refractivity contribution is 0.402. The average Bonchev–Trinajstić information content (AvgIpc) is 2.49. The molecule has 0 aliphatic carbocycles. The van der Waals surface area contributed by atoms with E-state index >= 15 is 0 Å². The summed E-state index contributed by atoms with van der Waals surface area (Å²) in [7, 11) is 1.71. The van der Waals surface area contributed by atoms with Gasteiger partial charge in [0.25, 0.3) is 0 Å². The Bertz CT molecular complexity index is 510. The lowest BCUT2D eigenvalue weighted by Gasteiger charge is -2.25. The highest BCUT2D eigenvalue weighted by Crippen LogP contribution is 2.36. The molecule has 0 radical (unpaired) electrons. The smallest absolute Gasteiger partial charge is 0.122 e. The Morgan fingerprint density at radius 3 is 2.26 bits per heavy atom. The van der Waals surface area contributed by atoms with Crippen LogP contribution in [0.25, 0.3) is 0 Å². The van der Waals surface area contributed by atoms with Gasteiger partial charge in [0.15, 0.2) is 0 Å². The van der Waals surface area contributed by atoms with Crippen LogP contribution in [-0.2, 0) is 0 Å². The summed E-state index contributed by atoms with van der Waals surface area (Å²) in [6.45, 7) is 2.83. The molecule has 0 aromatic heterocycles. The van der Waals surface area contributed by atoms with Crippen LogP contribution in [0.3, 0.4) is 0 Å². The summed E-state index contributed by atoms with van der Waals surface area (Å²) in [4.78, 5) is 0. The molecule has 0 saturated heterocycles. The number of rotatable bonds is 5. The Labute approximate surface area is 115 Å². The highest BCUT2D eigenvalue weighted by Gasteiger charge is 2.22. The molecule has 0 saturated carbocycles. The van der Waals surface area contributed by atoms with E-state index in [-0.39, 0.29) is 5.92 Å². The molecule has 2 aromatic rings. The number of ether oxygens (including phenoxy) is 1. The molecule has 0 amide bonds. The average molecular weight is 255 g/mol. The number of nitrogens with two attached hydrogens (primary N) is 1. The number of benzene rings is 2. The van der Waals surface area contributed by atoms with E-state index in [2.05, 4.69) is 37.3 Å². The molecule has 2 heteroatoms. The number of hydrogen-bond donors (Lipinski definition) is 1. The highest BCUT2D eigenvalue weighted by molar-refractivity contribution is 5.39. The van der Waals surface area contributed by atoms with Gasteiger partial charge in [-0.2, -0.15) is 0 Å². The van der Waals surface area contributed by atoms with Crippen molar-refractivity contribution >= 4 is 0 Å². The van der Waals surface area contributed by atoms with Crippen LogP contribution in [0.2, 0.25) is 0 Å². The molecular weight excluding hydrogens is 234 g/mol. The van der Waals surface area contributed by atoms with E-state index in [9.17, 15) is 0 Å². The second-order valence-electron chi connectivity index (χ2n) is 4.78. The molecule has 2 rings (SSSR count). The van der Waals surface area contributed by atoms with Gasteiger partial charge in [-0.1, -0.05) is 55.5 Å². The molecule has 100 valence electrons. The predicted octanol–water partition coefficient (Wildman–Crippen LogP) is 3.54. The van der Waals surface area contributed by atoms with E-state index < -0.39 is 0 Å². The minimum atomic E-state index is 0.263. The molecule has 2 atom stereocenters. The Morgan fingerprint density at radius 2 is 1.63 bits per heavy atom. The third-order valence-electron chi connectivity index (χ3n) is 3.72. The zero-order valence-corrected chi connectivity index (χ0v) is 11.5. The van der Waals surface area contributed by atoms with Crippen molar-refractivity contribution in [3.63, 3.8) is 0 Å². The van der Waals surface area contributed by atoms with Crippen molar-refractivity contribution in [1.82, 2.24) is 0 Å². The lowest BCUT2D eigenvalue weighted by Crippen LogP contribution is -2.19. The summed E-state index contributed by atoms with van der Waals surface area (Å²) < 4.78 is 5.46. The van der Waals surface area contributed by atoms with Crippen molar-refractivity contribution in [3.05, 3.63) is 65.7 Å². The highest BCUT2D eigenvalue weighted by atomic mass is 16.5. The van der Waals surface area contributed by atoms with Crippen LogP contribution in [0.5, 0.6) is 5.75 Å². The maximum atomic E-state index is 6.01. The molecule has 2 N–H and O–H groups in total. The Balaban J connectivity index is 2.34. The molecule has 19 heavy (non-hydrogen) atoms. The van der Waals surface area contributed by atoms with E-state index in [1.54, 1.807) is 7.11 Å². The third kappa shape index (κ3) is 2.96. The maximum absolute atomic E-state index is 6.01. The summed E-state index contributed by atoms with van der Waals surface area (Å²) in [5.41, 5.74) is 8.50. The fourth-order valence-corrected chi connectivity index (χ4v) is 2.56. The van der Waals surface area contributed by atoms with Crippen molar-refractivity contribution < 1.29 is 4.74 Å². The number of hydrogen-bond acceptors (Lipinski definition) is 2. The zero-order valence-electron chi connectivity index (χ0n) is 11.5. The van der Waals surface area contributed by atoms with Gasteiger partial charge in [-0.05, 0) is 29.7 Å². The fourth-order valence-electron chi connectivity index (χ4n) is 2.56. The van der Waals surface area contributed by atoms with Gasteiger partial charge in [0.05, 0.1) is 7.11 Å². The zero-order chi connectivity index (χ0) is 13.7.